The van der Waals surface area contributed by atoms with Crippen LogP contribution < -0.4 is 10.2 Å². The molecule has 0 bridgehead atoms. The molecule has 0 aliphatic carbocycles. The Balaban J connectivity index is 1.82. The number of aliphatic hydroxyl groups is 2. The molecule has 1 aromatic heterocycles. The maximum Gasteiger partial charge on any atom is 0.225 e. The van der Waals surface area contributed by atoms with Crippen LogP contribution in [0.15, 0.2) is 24.3 Å². The first-order chi connectivity index (χ1) is 12.3. The number of nitrogens with one attached hydrogen (secondary N) is 1. The van der Waals surface area contributed by atoms with Gasteiger partial charge in [-0.25, -0.2) is 4.98 Å². The van der Waals surface area contributed by atoms with Gasteiger partial charge in [-0.2, -0.15) is 4.98 Å². The van der Waals surface area contributed by atoms with Crippen molar-refractivity contribution in [1.82, 2.24) is 9.97 Å². The SMILES string of the molecule is Cc1cc(N2CCc3cc(C(C)(C)O)ccc3C2)nc(N[C@@H](C)CO)n1. The fourth-order valence-electron chi connectivity index (χ4n) is 3.17. The molecule has 0 fully saturated rings. The molecule has 6 nitrogen and oxygen atoms in total. The highest BCUT2D eigenvalue weighted by atomic mass is 16.3. The molecule has 2 aromatic rings. The topological polar surface area (TPSA) is 81.5 Å². The Kier molecular flexibility index (Phi) is 5.16. The average Bonchev–Trinajstić information content (AvgIpc) is 2.59. The van der Waals surface area contributed by atoms with Gasteiger partial charge in [0.15, 0.2) is 0 Å². The Bertz CT molecular complexity index is 786. The van der Waals surface area contributed by atoms with E-state index in [1.165, 1.54) is 11.1 Å². The van der Waals surface area contributed by atoms with Gasteiger partial charge in [0.25, 0.3) is 0 Å². The number of rotatable bonds is 5. The summed E-state index contributed by atoms with van der Waals surface area (Å²) in [7, 11) is 0. The highest BCUT2D eigenvalue weighted by Crippen LogP contribution is 2.28. The van der Waals surface area contributed by atoms with Crippen LogP contribution in [0.25, 0.3) is 0 Å². The molecule has 0 spiro atoms. The van der Waals surface area contributed by atoms with Crippen LogP contribution in [0.3, 0.4) is 0 Å². The van der Waals surface area contributed by atoms with Crippen molar-refractivity contribution in [3.05, 3.63) is 46.6 Å². The number of aryl methyl sites for hydroxylation is 1. The fourth-order valence-corrected chi connectivity index (χ4v) is 3.17. The lowest BCUT2D eigenvalue weighted by atomic mass is 9.91. The third-order valence-electron chi connectivity index (χ3n) is 4.74. The summed E-state index contributed by atoms with van der Waals surface area (Å²) in [6, 6.07) is 8.13. The first kappa shape index (κ1) is 18.6. The minimum Gasteiger partial charge on any atom is -0.394 e. The van der Waals surface area contributed by atoms with Gasteiger partial charge >= 0.3 is 0 Å². The first-order valence-corrected chi connectivity index (χ1v) is 9.09. The number of hydrogen-bond acceptors (Lipinski definition) is 6. The Morgan fingerprint density at radius 2 is 2.00 bits per heavy atom. The zero-order valence-corrected chi connectivity index (χ0v) is 16.0. The highest BCUT2D eigenvalue weighted by molar-refractivity contribution is 5.49. The predicted octanol–water partition coefficient (Wildman–Crippen LogP) is 2.37. The van der Waals surface area contributed by atoms with E-state index < -0.39 is 5.60 Å². The van der Waals surface area contributed by atoms with Crippen molar-refractivity contribution >= 4 is 11.8 Å². The number of aromatic nitrogens is 2. The molecule has 26 heavy (non-hydrogen) atoms. The minimum atomic E-state index is -0.820. The van der Waals surface area contributed by atoms with Gasteiger partial charge < -0.3 is 20.4 Å². The molecule has 1 aliphatic heterocycles. The van der Waals surface area contributed by atoms with Crippen molar-refractivity contribution in [3.63, 3.8) is 0 Å². The Hall–Kier alpha value is -2.18. The molecule has 1 atom stereocenters. The van der Waals surface area contributed by atoms with Crippen LogP contribution >= 0.6 is 0 Å². The molecule has 6 heteroatoms. The zero-order valence-electron chi connectivity index (χ0n) is 16.0. The van der Waals surface area contributed by atoms with Crippen LogP contribution in [0, 0.1) is 6.92 Å². The van der Waals surface area contributed by atoms with Crippen LogP contribution in [0.4, 0.5) is 11.8 Å². The molecule has 3 N–H and O–H groups in total. The Morgan fingerprint density at radius 1 is 1.23 bits per heavy atom. The van der Waals surface area contributed by atoms with Crippen molar-refractivity contribution in [2.75, 3.05) is 23.4 Å². The molecule has 0 unspecified atom stereocenters. The first-order valence-electron chi connectivity index (χ1n) is 9.09. The van der Waals surface area contributed by atoms with E-state index in [2.05, 4.69) is 32.3 Å². The number of fused-ring (bicyclic) bond motifs is 1. The Labute approximate surface area is 154 Å². The van der Waals surface area contributed by atoms with E-state index in [1.54, 1.807) is 0 Å². The van der Waals surface area contributed by atoms with Gasteiger partial charge in [0.2, 0.25) is 5.95 Å². The van der Waals surface area contributed by atoms with E-state index in [0.717, 1.165) is 36.6 Å². The van der Waals surface area contributed by atoms with Gasteiger partial charge in [-0.1, -0.05) is 18.2 Å². The van der Waals surface area contributed by atoms with E-state index in [-0.39, 0.29) is 12.6 Å². The molecular formula is C20H28N4O2. The molecule has 3 rings (SSSR count). The predicted molar refractivity (Wildman–Crippen MR) is 103 cm³/mol. The molecule has 0 saturated carbocycles. The average molecular weight is 356 g/mol. The summed E-state index contributed by atoms with van der Waals surface area (Å²) in [5.41, 5.74) is 3.58. The summed E-state index contributed by atoms with van der Waals surface area (Å²) in [5.74, 6) is 1.44. The van der Waals surface area contributed by atoms with Crippen molar-refractivity contribution in [2.24, 2.45) is 0 Å². The van der Waals surface area contributed by atoms with Crippen LogP contribution in [0.2, 0.25) is 0 Å². The summed E-state index contributed by atoms with van der Waals surface area (Å²) < 4.78 is 0. The number of nitrogens with zero attached hydrogens (tertiary/aromatic N) is 3. The maximum absolute atomic E-state index is 10.2. The standard InChI is InChI=1S/C20H28N4O2/c1-13-9-18(23-19(21-13)22-14(2)12-25)24-8-7-15-10-17(20(3,4)26)6-5-16(15)11-24/h5-6,9-10,14,25-26H,7-8,11-12H2,1-4H3,(H,21,22,23)/t14-/m0/s1. The van der Waals surface area contributed by atoms with Crippen LogP contribution in [-0.4, -0.2) is 39.4 Å². The largest absolute Gasteiger partial charge is 0.394 e. The molecule has 140 valence electrons. The van der Waals surface area contributed by atoms with Crippen molar-refractivity contribution in [2.45, 2.75) is 52.3 Å². The molecular weight excluding hydrogens is 328 g/mol. The van der Waals surface area contributed by atoms with Crippen LogP contribution in [0.1, 0.15) is 43.2 Å². The monoisotopic (exact) mass is 356 g/mol. The minimum absolute atomic E-state index is 0.0350. The second-order valence-corrected chi connectivity index (χ2v) is 7.63. The second-order valence-electron chi connectivity index (χ2n) is 7.63. The van der Waals surface area contributed by atoms with Gasteiger partial charge in [0, 0.05) is 30.9 Å². The van der Waals surface area contributed by atoms with E-state index in [0.29, 0.717) is 5.95 Å². The van der Waals surface area contributed by atoms with Crippen LogP contribution in [0.5, 0.6) is 0 Å². The third kappa shape index (κ3) is 4.14. The number of anilines is 2. The third-order valence-corrected chi connectivity index (χ3v) is 4.74. The summed E-state index contributed by atoms with van der Waals surface area (Å²) in [6.45, 7) is 9.16. The fraction of sp³-hybridized carbons (Fsp3) is 0.500. The lowest BCUT2D eigenvalue weighted by Gasteiger charge is -2.31. The van der Waals surface area contributed by atoms with Crippen LogP contribution in [-0.2, 0) is 18.6 Å². The van der Waals surface area contributed by atoms with Gasteiger partial charge in [-0.05, 0) is 50.8 Å². The normalized spacial score (nSPS) is 15.5. The number of aliphatic hydroxyl groups excluding tert-OH is 1. The van der Waals surface area contributed by atoms with Crippen molar-refractivity contribution in [1.29, 1.82) is 0 Å². The van der Waals surface area contributed by atoms with Gasteiger partial charge in [-0.3, -0.25) is 0 Å². The summed E-state index contributed by atoms with van der Waals surface area (Å²) in [5, 5.41) is 22.6. The van der Waals surface area contributed by atoms with Gasteiger partial charge in [0.1, 0.15) is 5.82 Å². The second kappa shape index (κ2) is 7.21. The molecule has 0 amide bonds. The number of benzene rings is 1. The summed E-state index contributed by atoms with van der Waals surface area (Å²) in [6.07, 6.45) is 0.915. The highest BCUT2D eigenvalue weighted by Gasteiger charge is 2.22. The van der Waals surface area contributed by atoms with E-state index in [4.69, 9.17) is 0 Å². The molecule has 0 radical (unpaired) electrons. The molecule has 1 aliphatic rings. The summed E-state index contributed by atoms with van der Waals surface area (Å²) in [4.78, 5) is 11.3. The smallest absolute Gasteiger partial charge is 0.225 e. The van der Waals surface area contributed by atoms with E-state index in [1.807, 2.05) is 39.8 Å². The molecule has 1 aromatic carbocycles. The summed E-state index contributed by atoms with van der Waals surface area (Å²) >= 11 is 0. The van der Waals surface area contributed by atoms with Crippen molar-refractivity contribution < 1.29 is 10.2 Å². The quantitative estimate of drug-likeness (QED) is 0.763. The Morgan fingerprint density at radius 3 is 2.69 bits per heavy atom. The van der Waals surface area contributed by atoms with E-state index in [9.17, 15) is 10.2 Å². The number of hydrogen-bond donors (Lipinski definition) is 3. The lowest BCUT2D eigenvalue weighted by molar-refractivity contribution is 0.0785. The molecule has 2 heterocycles. The van der Waals surface area contributed by atoms with Gasteiger partial charge in [0.05, 0.1) is 12.2 Å². The lowest BCUT2D eigenvalue weighted by Crippen LogP contribution is -2.32. The zero-order chi connectivity index (χ0) is 18.9. The van der Waals surface area contributed by atoms with Crippen molar-refractivity contribution in [3.8, 4) is 0 Å². The van der Waals surface area contributed by atoms with E-state index >= 15 is 0 Å². The molecule has 0 saturated heterocycles. The van der Waals surface area contributed by atoms with Gasteiger partial charge in [-0.15, -0.1) is 0 Å². The maximum atomic E-state index is 10.2.